The van der Waals surface area contributed by atoms with Gasteiger partial charge in [-0.25, -0.2) is 0 Å². The predicted octanol–water partition coefficient (Wildman–Crippen LogP) is 20.5. The molecule has 0 saturated heterocycles. The number of rotatable bonds is 55. The van der Waals surface area contributed by atoms with Gasteiger partial charge in [-0.1, -0.05) is 299 Å². The van der Waals surface area contributed by atoms with Crippen LogP contribution < -0.4 is 0 Å². The highest BCUT2D eigenvalue weighted by Crippen LogP contribution is 2.17. The zero-order chi connectivity index (χ0) is 51.4. The molecule has 0 saturated carbocycles. The maximum atomic E-state index is 12.8. The van der Waals surface area contributed by atoms with Crippen LogP contribution in [0, 0.1) is 0 Å². The van der Waals surface area contributed by atoms with Crippen molar-refractivity contribution in [1.82, 2.24) is 0 Å². The molecule has 0 bridgehead atoms. The first-order valence-corrected chi connectivity index (χ1v) is 30.4. The van der Waals surface area contributed by atoms with Crippen LogP contribution in [0.3, 0.4) is 0 Å². The zero-order valence-corrected chi connectivity index (χ0v) is 47.0. The van der Waals surface area contributed by atoms with Crippen LogP contribution >= 0.6 is 0 Å². The Hall–Kier alpha value is -3.15. The monoisotopic (exact) mass is 991 g/mol. The molecule has 0 aromatic carbocycles. The first-order valence-electron chi connectivity index (χ1n) is 30.4. The summed E-state index contributed by atoms with van der Waals surface area (Å²) in [4.78, 5) is 38.1. The van der Waals surface area contributed by atoms with Crippen LogP contribution in [0.15, 0.2) is 72.9 Å². The summed E-state index contributed by atoms with van der Waals surface area (Å²) >= 11 is 0. The first kappa shape index (κ1) is 67.8. The van der Waals surface area contributed by atoms with Crippen LogP contribution in [0.4, 0.5) is 0 Å². The third kappa shape index (κ3) is 57.6. The van der Waals surface area contributed by atoms with Crippen LogP contribution in [0.2, 0.25) is 0 Å². The molecule has 0 heterocycles. The molecule has 6 nitrogen and oxygen atoms in total. The van der Waals surface area contributed by atoms with Crippen molar-refractivity contribution in [2.45, 2.75) is 309 Å². The molecule has 1 unspecified atom stereocenters. The summed E-state index contributed by atoms with van der Waals surface area (Å²) in [6.45, 7) is 6.49. The summed E-state index contributed by atoms with van der Waals surface area (Å²) in [5.41, 5.74) is 0. The van der Waals surface area contributed by atoms with Gasteiger partial charge in [-0.15, -0.1) is 0 Å². The lowest BCUT2D eigenvalue weighted by atomic mass is 10.0. The van der Waals surface area contributed by atoms with Crippen LogP contribution in [0.1, 0.15) is 303 Å². The molecule has 0 N–H and O–H groups in total. The van der Waals surface area contributed by atoms with Gasteiger partial charge in [0.15, 0.2) is 6.10 Å². The predicted molar refractivity (Wildman–Crippen MR) is 307 cm³/mol. The third-order valence-corrected chi connectivity index (χ3v) is 13.2. The topological polar surface area (TPSA) is 78.9 Å². The molecule has 0 fully saturated rings. The molecule has 0 aliphatic heterocycles. The summed E-state index contributed by atoms with van der Waals surface area (Å²) in [7, 11) is 0. The largest absolute Gasteiger partial charge is 0.462 e. The molecule has 71 heavy (non-hydrogen) atoms. The average Bonchev–Trinajstić information content (AvgIpc) is 3.37. The highest BCUT2D eigenvalue weighted by molar-refractivity contribution is 5.71. The number of carbonyl (C=O) groups excluding carboxylic acids is 3. The van der Waals surface area contributed by atoms with E-state index in [0.717, 1.165) is 77.0 Å². The minimum absolute atomic E-state index is 0.102. The Bertz CT molecular complexity index is 1320. The minimum Gasteiger partial charge on any atom is -0.462 e. The van der Waals surface area contributed by atoms with Gasteiger partial charge >= 0.3 is 17.9 Å². The Balaban J connectivity index is 4.35. The lowest BCUT2D eigenvalue weighted by Crippen LogP contribution is -2.30. The van der Waals surface area contributed by atoms with Crippen molar-refractivity contribution in [3.05, 3.63) is 72.9 Å². The number of hydrogen-bond acceptors (Lipinski definition) is 6. The molecule has 1 atom stereocenters. The summed E-state index contributed by atoms with van der Waals surface area (Å²) in [6, 6.07) is 0. The second-order valence-corrected chi connectivity index (χ2v) is 20.2. The normalized spacial score (nSPS) is 12.5. The zero-order valence-electron chi connectivity index (χ0n) is 47.0. The van der Waals surface area contributed by atoms with E-state index in [9.17, 15) is 14.4 Å². The molecule has 0 rings (SSSR count). The second-order valence-electron chi connectivity index (χ2n) is 20.2. The summed E-state index contributed by atoms with van der Waals surface area (Å²) in [5, 5.41) is 0. The quantitative estimate of drug-likeness (QED) is 0.0261. The van der Waals surface area contributed by atoms with E-state index in [4.69, 9.17) is 14.2 Å². The highest BCUT2D eigenvalue weighted by Gasteiger charge is 2.19. The van der Waals surface area contributed by atoms with E-state index in [0.29, 0.717) is 19.3 Å². The second kappa shape index (κ2) is 59.4. The van der Waals surface area contributed by atoms with Crippen LogP contribution in [-0.2, 0) is 28.6 Å². The number of hydrogen-bond donors (Lipinski definition) is 0. The molecule has 0 spiro atoms. The van der Waals surface area contributed by atoms with Gasteiger partial charge in [0.2, 0.25) is 0 Å². The van der Waals surface area contributed by atoms with Crippen LogP contribution in [-0.4, -0.2) is 37.2 Å². The Morgan fingerprint density at radius 2 is 0.549 bits per heavy atom. The van der Waals surface area contributed by atoms with Crippen molar-refractivity contribution >= 4 is 17.9 Å². The van der Waals surface area contributed by atoms with Crippen molar-refractivity contribution in [3.63, 3.8) is 0 Å². The van der Waals surface area contributed by atoms with Crippen molar-refractivity contribution in [2.75, 3.05) is 13.2 Å². The fourth-order valence-corrected chi connectivity index (χ4v) is 8.71. The number of ether oxygens (including phenoxy) is 3. The molecular formula is C65H114O6. The Labute approximate surface area is 440 Å². The Morgan fingerprint density at radius 3 is 0.831 bits per heavy atom. The Kier molecular flexibility index (Phi) is 56.8. The maximum absolute atomic E-state index is 12.8. The summed E-state index contributed by atoms with van der Waals surface area (Å²) in [5.74, 6) is -0.974. The average molecular weight is 992 g/mol. The van der Waals surface area contributed by atoms with E-state index in [-0.39, 0.29) is 37.5 Å². The highest BCUT2D eigenvalue weighted by atomic mass is 16.6. The van der Waals surface area contributed by atoms with Gasteiger partial charge in [0, 0.05) is 19.3 Å². The number of allylic oxidation sites excluding steroid dienone is 12. The van der Waals surface area contributed by atoms with E-state index < -0.39 is 6.10 Å². The van der Waals surface area contributed by atoms with Crippen molar-refractivity contribution < 1.29 is 28.6 Å². The van der Waals surface area contributed by atoms with Gasteiger partial charge in [-0.3, -0.25) is 14.4 Å². The van der Waals surface area contributed by atoms with Gasteiger partial charge in [0.1, 0.15) is 13.2 Å². The van der Waals surface area contributed by atoms with Crippen molar-refractivity contribution in [1.29, 1.82) is 0 Å². The maximum Gasteiger partial charge on any atom is 0.306 e. The molecule has 410 valence electrons. The van der Waals surface area contributed by atoms with Crippen molar-refractivity contribution in [2.24, 2.45) is 0 Å². The molecule has 6 heteroatoms. The lowest BCUT2D eigenvalue weighted by Gasteiger charge is -2.18. The Morgan fingerprint density at radius 1 is 0.296 bits per heavy atom. The fraction of sp³-hybridized carbons (Fsp3) is 0.769. The molecular weight excluding hydrogens is 877 g/mol. The van der Waals surface area contributed by atoms with E-state index in [1.165, 1.54) is 180 Å². The molecule has 0 amide bonds. The molecule has 0 aliphatic carbocycles. The lowest BCUT2D eigenvalue weighted by molar-refractivity contribution is -0.166. The molecule has 0 aromatic heterocycles. The van der Waals surface area contributed by atoms with Crippen molar-refractivity contribution in [3.8, 4) is 0 Å². The van der Waals surface area contributed by atoms with Gasteiger partial charge in [0.25, 0.3) is 0 Å². The van der Waals surface area contributed by atoms with Crippen LogP contribution in [0.5, 0.6) is 0 Å². The van der Waals surface area contributed by atoms with Crippen LogP contribution in [0.25, 0.3) is 0 Å². The van der Waals surface area contributed by atoms with Gasteiger partial charge in [-0.2, -0.15) is 0 Å². The first-order chi connectivity index (χ1) is 35.0. The fourth-order valence-electron chi connectivity index (χ4n) is 8.71. The molecule has 0 aromatic rings. The van der Waals surface area contributed by atoms with Gasteiger partial charge in [0.05, 0.1) is 0 Å². The number of carbonyl (C=O) groups is 3. The molecule has 0 radical (unpaired) electrons. The van der Waals surface area contributed by atoms with E-state index in [2.05, 4.69) is 87.6 Å². The summed E-state index contributed by atoms with van der Waals surface area (Å²) in [6.07, 6.45) is 76.4. The van der Waals surface area contributed by atoms with Gasteiger partial charge in [-0.05, 0) is 57.8 Å². The summed E-state index contributed by atoms with van der Waals surface area (Å²) < 4.78 is 16.8. The smallest absolute Gasteiger partial charge is 0.306 e. The molecule has 0 aliphatic rings. The minimum atomic E-state index is -0.813. The van der Waals surface area contributed by atoms with E-state index in [1.807, 2.05) is 6.08 Å². The van der Waals surface area contributed by atoms with E-state index >= 15 is 0 Å². The van der Waals surface area contributed by atoms with E-state index in [1.54, 1.807) is 0 Å². The SMILES string of the molecule is CC/C=C\C/C=C\C/C=C\C/C=C\C/C=C\C/C=C\CCC(=O)OC(COC(=O)CCCCCCCCCCCCC)COC(=O)CCCCCCCCCCCCCCCCCCCCCCCCC. The standard InChI is InChI=1S/C65H114O6/c1-4-7-10-13-16-19-22-24-26-28-30-31-32-33-35-36-38-40-43-46-49-52-55-58-64(67)70-61-62(60-69-63(66)57-54-51-48-45-42-21-18-15-12-9-6-3)71-65(68)59-56-53-50-47-44-41-39-37-34-29-27-25-23-20-17-14-11-8-5-2/h8,11,17,20,25,27,34,37,41,44,50,53,62H,4-7,9-10,12-16,18-19,21-24,26,28-33,35-36,38-40,42-43,45-49,51-52,54-61H2,1-3H3/b11-8-,20-17-,27-25-,37-34-,44-41-,53-50-. The van der Waals surface area contributed by atoms with Gasteiger partial charge < -0.3 is 14.2 Å². The number of unbranched alkanes of at least 4 members (excludes halogenated alkanes) is 32. The number of esters is 3. The third-order valence-electron chi connectivity index (χ3n) is 13.2.